The molecule has 0 aromatic heterocycles. The molecule has 3 rings (SSSR count). The fourth-order valence-electron chi connectivity index (χ4n) is 4.58. The maximum absolute atomic E-state index is 4.04. The van der Waals surface area contributed by atoms with Crippen LogP contribution in [0.1, 0.15) is 81.9 Å². The number of hydrogen-bond donors (Lipinski definition) is 1. The summed E-state index contributed by atoms with van der Waals surface area (Å²) in [4.78, 5) is 0. The smallest absolute Gasteiger partial charge is 0.0414 e. The largest absolute Gasteiger partial charge is 0.379 e. The van der Waals surface area contributed by atoms with Gasteiger partial charge in [0.1, 0.15) is 0 Å². The molecule has 1 saturated carbocycles. The molecule has 0 unspecified atom stereocenters. The SMILES string of the molecule is CCc1ccc(CC)c2c1NC1(CCCCC1)C[C@H]2C. The highest BCUT2D eigenvalue weighted by Crippen LogP contribution is 2.47. The molecule has 1 aliphatic carbocycles. The minimum atomic E-state index is 0.404. The van der Waals surface area contributed by atoms with Crippen molar-refractivity contribution in [3.8, 4) is 0 Å². The number of aryl methyl sites for hydroxylation is 2. The molecular formula is C19H29N. The van der Waals surface area contributed by atoms with E-state index >= 15 is 0 Å². The molecule has 20 heavy (non-hydrogen) atoms. The Morgan fingerprint density at radius 2 is 1.70 bits per heavy atom. The molecule has 1 aromatic rings. The lowest BCUT2D eigenvalue weighted by molar-refractivity contribution is 0.281. The Bertz CT molecular complexity index is 483. The second kappa shape index (κ2) is 5.42. The molecule has 0 radical (unpaired) electrons. The normalized spacial score (nSPS) is 24.2. The van der Waals surface area contributed by atoms with E-state index in [1.54, 1.807) is 11.1 Å². The third kappa shape index (κ3) is 2.25. The van der Waals surface area contributed by atoms with Crippen LogP contribution in [0.3, 0.4) is 0 Å². The third-order valence-corrected chi connectivity index (χ3v) is 5.57. The monoisotopic (exact) mass is 271 g/mol. The molecular weight excluding hydrogens is 242 g/mol. The topological polar surface area (TPSA) is 12.0 Å². The third-order valence-electron chi connectivity index (χ3n) is 5.57. The van der Waals surface area contributed by atoms with Crippen LogP contribution in [0.4, 0.5) is 5.69 Å². The van der Waals surface area contributed by atoms with Gasteiger partial charge in [-0.1, -0.05) is 52.2 Å². The molecule has 0 bridgehead atoms. The van der Waals surface area contributed by atoms with E-state index in [9.17, 15) is 0 Å². The van der Waals surface area contributed by atoms with Gasteiger partial charge in [-0.2, -0.15) is 0 Å². The average Bonchev–Trinajstić information content (AvgIpc) is 2.46. The second-order valence-corrected chi connectivity index (χ2v) is 6.95. The van der Waals surface area contributed by atoms with Crippen LogP contribution in [0.2, 0.25) is 0 Å². The Kier molecular flexibility index (Phi) is 3.79. The summed E-state index contributed by atoms with van der Waals surface area (Å²) in [6.45, 7) is 7.03. The predicted molar refractivity (Wildman–Crippen MR) is 87.7 cm³/mol. The van der Waals surface area contributed by atoms with Gasteiger partial charge < -0.3 is 5.32 Å². The summed E-state index contributed by atoms with van der Waals surface area (Å²) >= 11 is 0. The van der Waals surface area contributed by atoms with Crippen molar-refractivity contribution in [2.45, 2.75) is 83.6 Å². The van der Waals surface area contributed by atoms with E-state index < -0.39 is 0 Å². The van der Waals surface area contributed by atoms with Gasteiger partial charge in [0, 0.05) is 11.2 Å². The summed E-state index contributed by atoms with van der Waals surface area (Å²) in [6, 6.07) is 4.73. The lowest BCUT2D eigenvalue weighted by Crippen LogP contribution is -2.45. The van der Waals surface area contributed by atoms with Crippen LogP contribution in [0.5, 0.6) is 0 Å². The summed E-state index contributed by atoms with van der Waals surface area (Å²) in [7, 11) is 0. The van der Waals surface area contributed by atoms with Gasteiger partial charge in [-0.05, 0) is 54.7 Å². The van der Waals surface area contributed by atoms with Crippen LogP contribution >= 0.6 is 0 Å². The lowest BCUT2D eigenvalue weighted by atomic mass is 9.70. The molecule has 2 aliphatic rings. The molecule has 1 aliphatic heterocycles. The van der Waals surface area contributed by atoms with Crippen molar-refractivity contribution in [3.05, 3.63) is 28.8 Å². The zero-order chi connectivity index (χ0) is 14.2. The van der Waals surface area contributed by atoms with Gasteiger partial charge in [0.15, 0.2) is 0 Å². The number of hydrogen-bond acceptors (Lipinski definition) is 1. The van der Waals surface area contributed by atoms with Crippen LogP contribution in [0.25, 0.3) is 0 Å². The van der Waals surface area contributed by atoms with Gasteiger partial charge in [0.05, 0.1) is 0 Å². The van der Waals surface area contributed by atoms with Crippen molar-refractivity contribution in [2.75, 3.05) is 5.32 Å². The number of rotatable bonds is 2. The fraction of sp³-hybridized carbons (Fsp3) is 0.684. The van der Waals surface area contributed by atoms with Gasteiger partial charge in [-0.3, -0.25) is 0 Å². The lowest BCUT2D eigenvalue weighted by Gasteiger charge is -2.46. The first-order chi connectivity index (χ1) is 9.69. The second-order valence-electron chi connectivity index (χ2n) is 6.95. The van der Waals surface area contributed by atoms with Gasteiger partial charge in [0.2, 0.25) is 0 Å². The zero-order valence-corrected chi connectivity index (χ0v) is 13.4. The van der Waals surface area contributed by atoms with Crippen molar-refractivity contribution >= 4 is 5.69 Å². The molecule has 1 heterocycles. The Balaban J connectivity index is 2.05. The van der Waals surface area contributed by atoms with E-state index in [0.717, 1.165) is 12.8 Å². The summed E-state index contributed by atoms with van der Waals surface area (Å²) in [5.41, 5.74) is 6.62. The first-order valence-corrected chi connectivity index (χ1v) is 8.62. The van der Waals surface area contributed by atoms with E-state index in [-0.39, 0.29) is 0 Å². The molecule has 110 valence electrons. The molecule has 1 fully saturated rings. The molecule has 1 heteroatoms. The van der Waals surface area contributed by atoms with Crippen molar-refractivity contribution in [3.63, 3.8) is 0 Å². The van der Waals surface area contributed by atoms with Gasteiger partial charge in [-0.25, -0.2) is 0 Å². The molecule has 1 atom stereocenters. The van der Waals surface area contributed by atoms with Gasteiger partial charge in [-0.15, -0.1) is 0 Å². The molecule has 1 spiro atoms. The minimum Gasteiger partial charge on any atom is -0.379 e. The van der Waals surface area contributed by atoms with Crippen LogP contribution in [-0.2, 0) is 12.8 Å². The van der Waals surface area contributed by atoms with Crippen molar-refractivity contribution < 1.29 is 0 Å². The van der Waals surface area contributed by atoms with Gasteiger partial charge >= 0.3 is 0 Å². The average molecular weight is 271 g/mol. The van der Waals surface area contributed by atoms with E-state index in [4.69, 9.17) is 0 Å². The number of fused-ring (bicyclic) bond motifs is 1. The molecule has 1 nitrogen and oxygen atoms in total. The summed E-state index contributed by atoms with van der Waals surface area (Å²) in [5, 5.41) is 4.04. The maximum Gasteiger partial charge on any atom is 0.0414 e. The van der Waals surface area contributed by atoms with Crippen molar-refractivity contribution in [1.82, 2.24) is 0 Å². The van der Waals surface area contributed by atoms with Crippen LogP contribution in [0.15, 0.2) is 12.1 Å². The fourth-order valence-corrected chi connectivity index (χ4v) is 4.58. The minimum absolute atomic E-state index is 0.404. The van der Waals surface area contributed by atoms with Crippen molar-refractivity contribution in [1.29, 1.82) is 0 Å². The van der Waals surface area contributed by atoms with E-state index in [1.807, 2.05) is 0 Å². The number of benzene rings is 1. The number of anilines is 1. The Morgan fingerprint density at radius 3 is 2.35 bits per heavy atom. The van der Waals surface area contributed by atoms with Crippen LogP contribution in [0, 0.1) is 0 Å². The van der Waals surface area contributed by atoms with Crippen LogP contribution in [-0.4, -0.2) is 5.54 Å². The molecule has 0 saturated heterocycles. The Labute approximate surface area is 124 Å². The van der Waals surface area contributed by atoms with E-state index in [2.05, 4.69) is 38.2 Å². The highest BCUT2D eigenvalue weighted by atomic mass is 15.0. The first kappa shape index (κ1) is 14.0. The van der Waals surface area contributed by atoms with Crippen molar-refractivity contribution in [2.24, 2.45) is 0 Å². The Morgan fingerprint density at radius 1 is 1.05 bits per heavy atom. The summed E-state index contributed by atoms with van der Waals surface area (Å²) < 4.78 is 0. The molecule has 1 N–H and O–H groups in total. The van der Waals surface area contributed by atoms with Crippen LogP contribution < -0.4 is 5.32 Å². The van der Waals surface area contributed by atoms with E-state index in [1.165, 1.54) is 49.8 Å². The first-order valence-electron chi connectivity index (χ1n) is 8.62. The van der Waals surface area contributed by atoms with Gasteiger partial charge in [0.25, 0.3) is 0 Å². The summed E-state index contributed by atoms with van der Waals surface area (Å²) in [5.74, 6) is 0.714. The standard InChI is InChI=1S/C19H29N/c1-4-15-9-10-16(5-2)18-17(15)14(3)13-19(20-18)11-7-6-8-12-19/h9-10,14,20H,4-8,11-13H2,1-3H3/t14-/m1/s1. The molecule has 0 amide bonds. The maximum atomic E-state index is 4.04. The quantitative estimate of drug-likeness (QED) is 0.756. The highest BCUT2D eigenvalue weighted by Gasteiger charge is 2.39. The van der Waals surface area contributed by atoms with E-state index in [0.29, 0.717) is 11.5 Å². The highest BCUT2D eigenvalue weighted by molar-refractivity contribution is 5.65. The molecule has 1 aromatic carbocycles. The number of nitrogens with one attached hydrogen (secondary N) is 1. The zero-order valence-electron chi connectivity index (χ0n) is 13.4. The predicted octanol–water partition coefficient (Wildman–Crippen LogP) is 5.43. The summed E-state index contributed by atoms with van der Waals surface area (Å²) in [6.07, 6.45) is 10.6. The Hall–Kier alpha value is -0.980.